The summed E-state index contributed by atoms with van der Waals surface area (Å²) in [5.41, 5.74) is 7.32. The molecule has 2 N–H and O–H groups in total. The summed E-state index contributed by atoms with van der Waals surface area (Å²) in [6, 6.07) is 11.8. The van der Waals surface area contributed by atoms with Gasteiger partial charge in [-0.05, 0) is 36.2 Å². The maximum atomic E-state index is 13.4. The number of guanidine groups is 1. The van der Waals surface area contributed by atoms with Crippen LogP contribution in [0.5, 0.6) is 0 Å². The van der Waals surface area contributed by atoms with Crippen LogP contribution in [0.15, 0.2) is 66.0 Å². The van der Waals surface area contributed by atoms with Crippen molar-refractivity contribution in [2.75, 3.05) is 7.05 Å². The highest BCUT2D eigenvalue weighted by molar-refractivity contribution is 6.09. The van der Waals surface area contributed by atoms with Crippen molar-refractivity contribution in [2.24, 2.45) is 10.7 Å². The maximum Gasteiger partial charge on any atom is 0.280 e. The first kappa shape index (κ1) is 21.1. The first-order valence-corrected chi connectivity index (χ1v) is 9.73. The predicted molar refractivity (Wildman–Crippen MR) is 117 cm³/mol. The lowest BCUT2D eigenvalue weighted by Gasteiger charge is -2.26. The van der Waals surface area contributed by atoms with Gasteiger partial charge in [-0.15, -0.1) is 5.92 Å². The van der Waals surface area contributed by atoms with Crippen LogP contribution in [0.4, 0.5) is 8.78 Å². The van der Waals surface area contributed by atoms with Gasteiger partial charge in [-0.25, -0.2) is 13.8 Å². The van der Waals surface area contributed by atoms with Crippen LogP contribution >= 0.6 is 0 Å². The van der Waals surface area contributed by atoms with Gasteiger partial charge in [-0.1, -0.05) is 30.2 Å². The second kappa shape index (κ2) is 8.19. The number of halogens is 2. The third kappa shape index (κ3) is 3.48. The Labute approximate surface area is 183 Å². The molecule has 0 fully saturated rings. The molecule has 1 aromatic carbocycles. The Balaban J connectivity index is 1.88. The molecule has 3 heterocycles. The number of carbonyl (C=O) groups excluding carboxylic acids is 1. The quantitative estimate of drug-likeness (QED) is 0.641. The number of amides is 1. The van der Waals surface area contributed by atoms with Crippen LogP contribution in [0, 0.1) is 11.8 Å². The Morgan fingerprint density at radius 2 is 1.88 bits per heavy atom. The number of benzene rings is 1. The number of aromatic nitrogens is 2. The number of carbonyl (C=O) groups is 1. The molecular formula is C24H19F2N5O. The molecule has 0 saturated carbocycles. The van der Waals surface area contributed by atoms with Gasteiger partial charge < -0.3 is 5.73 Å². The van der Waals surface area contributed by atoms with Crippen LogP contribution in [0.25, 0.3) is 11.1 Å². The molecule has 1 amide bonds. The number of pyridine rings is 2. The van der Waals surface area contributed by atoms with E-state index in [0.29, 0.717) is 11.1 Å². The Hall–Kier alpha value is -4.12. The first-order valence-electron chi connectivity index (χ1n) is 9.73. The topological polar surface area (TPSA) is 84.5 Å². The zero-order valence-corrected chi connectivity index (χ0v) is 17.4. The molecule has 4 rings (SSSR count). The highest BCUT2D eigenvalue weighted by Crippen LogP contribution is 2.40. The fourth-order valence-electron chi connectivity index (χ4n) is 3.67. The first-order chi connectivity index (χ1) is 15.4. The molecule has 0 aliphatic carbocycles. The molecule has 0 saturated heterocycles. The second-order valence-corrected chi connectivity index (χ2v) is 7.24. The highest BCUT2D eigenvalue weighted by atomic mass is 19.3. The lowest BCUT2D eigenvalue weighted by atomic mass is 9.82. The maximum absolute atomic E-state index is 13.4. The molecule has 0 radical (unpaired) electrons. The molecule has 160 valence electrons. The Morgan fingerprint density at radius 1 is 1.06 bits per heavy atom. The Morgan fingerprint density at radius 3 is 2.50 bits per heavy atom. The third-order valence-electron chi connectivity index (χ3n) is 5.29. The summed E-state index contributed by atoms with van der Waals surface area (Å²) in [5, 5.41) is 0. The molecule has 1 atom stereocenters. The highest BCUT2D eigenvalue weighted by Gasteiger charge is 2.49. The van der Waals surface area contributed by atoms with Crippen LogP contribution in [0.2, 0.25) is 0 Å². The van der Waals surface area contributed by atoms with Gasteiger partial charge >= 0.3 is 0 Å². The van der Waals surface area contributed by atoms with Crippen LogP contribution in [0.1, 0.15) is 35.7 Å². The molecule has 8 heteroatoms. The van der Waals surface area contributed by atoms with E-state index in [1.54, 1.807) is 31.5 Å². The third-order valence-corrected chi connectivity index (χ3v) is 5.29. The van der Waals surface area contributed by atoms with E-state index in [2.05, 4.69) is 26.8 Å². The lowest BCUT2D eigenvalue weighted by molar-refractivity contribution is -0.129. The fraction of sp³-hybridized carbons (Fsp3) is 0.167. The van der Waals surface area contributed by atoms with E-state index < -0.39 is 17.9 Å². The van der Waals surface area contributed by atoms with Crippen molar-refractivity contribution in [3.8, 4) is 23.0 Å². The van der Waals surface area contributed by atoms with Gasteiger partial charge in [0.05, 0.1) is 0 Å². The van der Waals surface area contributed by atoms with Gasteiger partial charge in [-0.3, -0.25) is 19.7 Å². The normalized spacial score (nSPS) is 17.8. The van der Waals surface area contributed by atoms with Crippen molar-refractivity contribution in [2.45, 2.75) is 18.9 Å². The van der Waals surface area contributed by atoms with E-state index in [1.807, 2.05) is 18.2 Å². The van der Waals surface area contributed by atoms with E-state index in [9.17, 15) is 13.6 Å². The summed E-state index contributed by atoms with van der Waals surface area (Å²) in [4.78, 5) is 27.2. The van der Waals surface area contributed by atoms with Crippen molar-refractivity contribution in [3.05, 3.63) is 83.4 Å². The Bertz CT molecular complexity index is 1280. The number of hydrogen-bond acceptors (Lipinski definition) is 5. The predicted octanol–water partition coefficient (Wildman–Crippen LogP) is 3.48. The SMILES string of the molecule is CC#Cc1cncc(-c2cccc(C3(c4ccc(C(F)F)nc4)N=C(N)N(C)C3=O)c2)c1. The summed E-state index contributed by atoms with van der Waals surface area (Å²) < 4.78 is 26.0. The molecule has 0 spiro atoms. The van der Waals surface area contributed by atoms with Crippen molar-refractivity contribution in [1.82, 2.24) is 14.9 Å². The van der Waals surface area contributed by atoms with Crippen molar-refractivity contribution in [3.63, 3.8) is 0 Å². The van der Waals surface area contributed by atoms with E-state index in [-0.39, 0.29) is 11.7 Å². The average molecular weight is 431 g/mol. The van der Waals surface area contributed by atoms with Crippen molar-refractivity contribution < 1.29 is 13.6 Å². The summed E-state index contributed by atoms with van der Waals surface area (Å²) in [6.45, 7) is 1.75. The van der Waals surface area contributed by atoms with E-state index in [1.165, 1.54) is 30.3 Å². The van der Waals surface area contributed by atoms with Crippen LogP contribution in [-0.4, -0.2) is 33.8 Å². The smallest absolute Gasteiger partial charge is 0.280 e. The van der Waals surface area contributed by atoms with Gasteiger partial charge in [0.1, 0.15) is 5.69 Å². The van der Waals surface area contributed by atoms with Crippen LogP contribution in [-0.2, 0) is 10.3 Å². The van der Waals surface area contributed by atoms with Gasteiger partial charge in [0, 0.05) is 42.3 Å². The fourth-order valence-corrected chi connectivity index (χ4v) is 3.67. The van der Waals surface area contributed by atoms with Crippen LogP contribution in [0.3, 0.4) is 0 Å². The van der Waals surface area contributed by atoms with Gasteiger partial charge in [0.25, 0.3) is 12.3 Å². The van der Waals surface area contributed by atoms with Gasteiger partial charge in [0.2, 0.25) is 0 Å². The molecule has 3 aromatic rings. The standard InChI is InChI=1S/C24H19F2N5O/c1-3-5-15-10-17(13-28-12-15)16-6-4-7-18(11-16)24(22(32)31(2)23(27)30-24)19-8-9-20(21(25)26)29-14-19/h4,6-14,21H,1-2H3,(H2,27,30). The summed E-state index contributed by atoms with van der Waals surface area (Å²) in [6.07, 6.45) is 1.90. The molecule has 1 aliphatic heterocycles. The summed E-state index contributed by atoms with van der Waals surface area (Å²) in [7, 11) is 1.52. The minimum atomic E-state index is -2.72. The number of nitrogens with two attached hydrogens (primary N) is 1. The van der Waals surface area contributed by atoms with E-state index >= 15 is 0 Å². The number of likely N-dealkylation sites (N-methyl/N-ethyl adjacent to an activating group) is 1. The number of alkyl halides is 2. The summed E-state index contributed by atoms with van der Waals surface area (Å²) in [5.74, 6) is 5.44. The lowest BCUT2D eigenvalue weighted by Crippen LogP contribution is -2.41. The molecule has 1 unspecified atom stereocenters. The number of nitrogens with zero attached hydrogens (tertiary/aromatic N) is 4. The van der Waals surface area contributed by atoms with Crippen molar-refractivity contribution >= 4 is 11.9 Å². The largest absolute Gasteiger partial charge is 0.369 e. The zero-order valence-electron chi connectivity index (χ0n) is 17.4. The molecule has 0 bridgehead atoms. The van der Waals surface area contributed by atoms with E-state index in [4.69, 9.17) is 5.73 Å². The van der Waals surface area contributed by atoms with E-state index in [0.717, 1.165) is 16.7 Å². The monoisotopic (exact) mass is 431 g/mol. The second-order valence-electron chi connectivity index (χ2n) is 7.24. The Kier molecular flexibility index (Phi) is 5.41. The van der Waals surface area contributed by atoms with Gasteiger partial charge in [0.15, 0.2) is 11.5 Å². The number of hydrogen-bond donors (Lipinski definition) is 1. The molecule has 2 aromatic heterocycles. The average Bonchev–Trinajstić information content (AvgIpc) is 3.04. The molecule has 32 heavy (non-hydrogen) atoms. The minimum Gasteiger partial charge on any atom is -0.369 e. The van der Waals surface area contributed by atoms with Crippen LogP contribution < -0.4 is 5.73 Å². The number of rotatable bonds is 4. The van der Waals surface area contributed by atoms with Gasteiger partial charge in [-0.2, -0.15) is 0 Å². The zero-order chi connectivity index (χ0) is 22.9. The minimum absolute atomic E-state index is 0.0280. The summed E-state index contributed by atoms with van der Waals surface area (Å²) >= 11 is 0. The molecule has 1 aliphatic rings. The molecular weight excluding hydrogens is 412 g/mol. The van der Waals surface area contributed by atoms with Crippen molar-refractivity contribution in [1.29, 1.82) is 0 Å². The number of aliphatic imine (C=N–C) groups is 1. The molecule has 6 nitrogen and oxygen atoms in total.